The Morgan fingerprint density at radius 3 is 2.90 bits per heavy atom. The Kier molecular flexibility index (Phi) is 2.94. The molecule has 0 spiro atoms. The second kappa shape index (κ2) is 4.64. The molecule has 20 heavy (non-hydrogen) atoms. The molecule has 0 aliphatic carbocycles. The maximum absolute atomic E-state index is 12.8. The van der Waals surface area contributed by atoms with Crippen LogP contribution in [0.5, 0.6) is 0 Å². The van der Waals surface area contributed by atoms with Crippen molar-refractivity contribution in [3.63, 3.8) is 0 Å². The van der Waals surface area contributed by atoms with E-state index in [0.717, 1.165) is 16.2 Å². The number of thiazole rings is 1. The summed E-state index contributed by atoms with van der Waals surface area (Å²) in [6.07, 6.45) is 0.455. The monoisotopic (exact) mass is 293 g/mol. The predicted octanol–water partition coefficient (Wildman–Crippen LogP) is 2.02. The van der Waals surface area contributed by atoms with Gasteiger partial charge in [0.2, 0.25) is 5.95 Å². The summed E-state index contributed by atoms with van der Waals surface area (Å²) in [5.41, 5.74) is 1.18. The lowest BCUT2D eigenvalue weighted by atomic mass is 10.2. The Labute approximate surface area is 116 Å². The van der Waals surface area contributed by atoms with Crippen molar-refractivity contribution >= 4 is 23.3 Å². The third-order valence-corrected chi connectivity index (χ3v) is 4.05. The molecule has 0 radical (unpaired) electrons. The van der Waals surface area contributed by atoms with Gasteiger partial charge in [-0.05, 0) is 12.1 Å². The normalized spacial score (nSPS) is 14.2. The number of imide groups is 1. The average Bonchev–Trinajstić information content (AvgIpc) is 2.84. The molecule has 2 aromatic rings. The van der Waals surface area contributed by atoms with Gasteiger partial charge in [0.1, 0.15) is 9.88 Å². The van der Waals surface area contributed by atoms with Gasteiger partial charge in [0, 0.05) is 24.7 Å². The van der Waals surface area contributed by atoms with Gasteiger partial charge in [-0.1, -0.05) is 0 Å². The first-order valence-electron chi connectivity index (χ1n) is 5.72. The van der Waals surface area contributed by atoms with E-state index in [1.807, 2.05) is 0 Å². The van der Waals surface area contributed by atoms with E-state index in [1.54, 1.807) is 0 Å². The van der Waals surface area contributed by atoms with Crippen LogP contribution in [0.3, 0.4) is 0 Å². The van der Waals surface area contributed by atoms with E-state index in [2.05, 4.69) is 9.97 Å². The highest BCUT2D eigenvalue weighted by molar-refractivity contribution is 7.17. The Morgan fingerprint density at radius 2 is 2.25 bits per heavy atom. The minimum absolute atomic E-state index is 0.103. The summed E-state index contributed by atoms with van der Waals surface area (Å²) in [6.45, 7) is 0.103. The fourth-order valence-corrected chi connectivity index (χ4v) is 2.99. The van der Waals surface area contributed by atoms with Crippen LogP contribution in [0.4, 0.5) is 9.18 Å². The highest BCUT2D eigenvalue weighted by atomic mass is 32.1. The van der Waals surface area contributed by atoms with E-state index in [0.29, 0.717) is 27.6 Å². The number of carbonyl (C=O) groups excluding carboxylic acids is 1. The second-order valence-electron chi connectivity index (χ2n) is 4.15. The molecule has 8 heteroatoms. The van der Waals surface area contributed by atoms with Gasteiger partial charge in [-0.25, -0.2) is 19.7 Å². The first-order valence-corrected chi connectivity index (χ1v) is 6.54. The number of carboxylic acid groups (broad SMARTS) is 1. The molecule has 1 aliphatic rings. The molecule has 0 aromatic carbocycles. The largest absolute Gasteiger partial charge is 0.465 e. The van der Waals surface area contributed by atoms with Gasteiger partial charge in [0.05, 0.1) is 5.69 Å². The quantitative estimate of drug-likeness (QED) is 0.813. The molecule has 1 N–H and O–H groups in total. The summed E-state index contributed by atoms with van der Waals surface area (Å²) in [6, 6.07) is 2.73. The summed E-state index contributed by atoms with van der Waals surface area (Å²) in [5, 5.41) is 9.46. The average molecular weight is 293 g/mol. The van der Waals surface area contributed by atoms with E-state index in [-0.39, 0.29) is 6.54 Å². The Balaban J connectivity index is 1.99. The summed E-state index contributed by atoms with van der Waals surface area (Å²) >= 11 is 1.10. The number of aromatic nitrogens is 2. The molecule has 102 valence electrons. The first kappa shape index (κ1) is 12.7. The summed E-state index contributed by atoms with van der Waals surface area (Å²) in [7, 11) is 0. The zero-order chi connectivity index (χ0) is 14.3. The number of fused-ring (bicyclic) bond motifs is 1. The lowest BCUT2D eigenvalue weighted by Crippen LogP contribution is -2.40. The fraction of sp³-hybridized carbons (Fsp3) is 0.167. The SMILES string of the molecule is O=C(O)N1CCc2nc(-c3ccc(F)nc3)sc2C1=O. The van der Waals surface area contributed by atoms with E-state index in [9.17, 15) is 14.0 Å². The molecule has 0 saturated carbocycles. The highest BCUT2D eigenvalue weighted by Crippen LogP contribution is 2.31. The van der Waals surface area contributed by atoms with Gasteiger partial charge >= 0.3 is 6.09 Å². The van der Waals surface area contributed by atoms with E-state index in [4.69, 9.17) is 5.11 Å². The maximum atomic E-state index is 12.8. The summed E-state index contributed by atoms with van der Waals surface area (Å²) < 4.78 is 12.8. The lowest BCUT2D eigenvalue weighted by molar-refractivity contribution is 0.0731. The minimum Gasteiger partial charge on any atom is -0.465 e. The molecule has 3 rings (SSSR count). The molecule has 0 unspecified atom stereocenters. The number of pyridine rings is 1. The van der Waals surface area contributed by atoms with Crippen molar-refractivity contribution in [2.45, 2.75) is 6.42 Å². The third-order valence-electron chi connectivity index (χ3n) is 2.91. The molecule has 0 bridgehead atoms. The van der Waals surface area contributed by atoms with Crippen molar-refractivity contribution in [1.82, 2.24) is 14.9 Å². The van der Waals surface area contributed by atoms with Crippen LogP contribution in [0.2, 0.25) is 0 Å². The van der Waals surface area contributed by atoms with Gasteiger partial charge < -0.3 is 5.11 Å². The predicted molar refractivity (Wildman–Crippen MR) is 68.1 cm³/mol. The van der Waals surface area contributed by atoms with Crippen LogP contribution in [-0.4, -0.2) is 38.5 Å². The molecule has 0 fully saturated rings. The number of hydrogen-bond acceptors (Lipinski definition) is 5. The standard InChI is InChI=1S/C12H8FN3O3S/c13-8-2-1-6(5-14-8)10-15-7-3-4-16(12(18)19)11(17)9(7)20-10/h1-2,5H,3-4H2,(H,18,19). The topological polar surface area (TPSA) is 83.4 Å². The molecular formula is C12H8FN3O3S. The van der Waals surface area contributed by atoms with Gasteiger partial charge in [-0.15, -0.1) is 11.3 Å². The second-order valence-corrected chi connectivity index (χ2v) is 5.15. The number of halogens is 1. The molecule has 1 aliphatic heterocycles. The van der Waals surface area contributed by atoms with Crippen molar-refractivity contribution in [3.05, 3.63) is 34.8 Å². The third kappa shape index (κ3) is 2.03. The fourth-order valence-electron chi connectivity index (χ4n) is 1.94. The van der Waals surface area contributed by atoms with Crippen LogP contribution in [0.25, 0.3) is 10.6 Å². The molecule has 2 amide bonds. The number of carbonyl (C=O) groups is 2. The van der Waals surface area contributed by atoms with Gasteiger partial charge in [0.25, 0.3) is 5.91 Å². The molecule has 6 nitrogen and oxygen atoms in total. The van der Waals surface area contributed by atoms with Crippen LogP contribution in [0, 0.1) is 5.95 Å². The molecule has 2 aromatic heterocycles. The van der Waals surface area contributed by atoms with Crippen LogP contribution < -0.4 is 0 Å². The van der Waals surface area contributed by atoms with Crippen molar-refractivity contribution in [2.24, 2.45) is 0 Å². The van der Waals surface area contributed by atoms with E-state index in [1.165, 1.54) is 18.3 Å². The number of rotatable bonds is 1. The smallest absolute Gasteiger partial charge is 0.414 e. The zero-order valence-electron chi connectivity index (χ0n) is 10.0. The maximum Gasteiger partial charge on any atom is 0.414 e. The molecule has 0 saturated heterocycles. The van der Waals surface area contributed by atoms with Crippen LogP contribution in [-0.2, 0) is 6.42 Å². The Hall–Kier alpha value is -2.35. The molecule has 0 atom stereocenters. The number of hydrogen-bond donors (Lipinski definition) is 1. The van der Waals surface area contributed by atoms with Crippen LogP contribution in [0.15, 0.2) is 18.3 Å². The van der Waals surface area contributed by atoms with Crippen LogP contribution >= 0.6 is 11.3 Å². The Bertz CT molecular complexity index is 698. The molecule has 3 heterocycles. The zero-order valence-corrected chi connectivity index (χ0v) is 10.9. The van der Waals surface area contributed by atoms with Crippen molar-refractivity contribution in [1.29, 1.82) is 0 Å². The van der Waals surface area contributed by atoms with Crippen LogP contribution in [0.1, 0.15) is 15.4 Å². The van der Waals surface area contributed by atoms with Crippen molar-refractivity contribution in [3.8, 4) is 10.6 Å². The van der Waals surface area contributed by atoms with E-state index < -0.39 is 17.9 Å². The first-order chi connectivity index (χ1) is 9.56. The van der Waals surface area contributed by atoms with Crippen molar-refractivity contribution in [2.75, 3.05) is 6.54 Å². The summed E-state index contributed by atoms with van der Waals surface area (Å²) in [5.74, 6) is -1.15. The number of nitrogens with zero attached hydrogens (tertiary/aromatic N) is 3. The summed E-state index contributed by atoms with van der Waals surface area (Å²) in [4.78, 5) is 31.9. The highest BCUT2D eigenvalue weighted by Gasteiger charge is 2.32. The van der Waals surface area contributed by atoms with Gasteiger partial charge in [-0.3, -0.25) is 4.79 Å². The van der Waals surface area contributed by atoms with Gasteiger partial charge in [-0.2, -0.15) is 4.39 Å². The molecular weight excluding hydrogens is 285 g/mol. The van der Waals surface area contributed by atoms with Gasteiger partial charge in [0.15, 0.2) is 0 Å². The van der Waals surface area contributed by atoms with Crippen molar-refractivity contribution < 1.29 is 19.1 Å². The minimum atomic E-state index is -1.26. The Morgan fingerprint density at radius 1 is 1.45 bits per heavy atom. The number of amides is 2. The lowest BCUT2D eigenvalue weighted by Gasteiger charge is -2.20. The van der Waals surface area contributed by atoms with E-state index >= 15 is 0 Å².